The summed E-state index contributed by atoms with van der Waals surface area (Å²) in [5, 5.41) is 2.59. The molecular formula is C13H18F2N4. The van der Waals surface area contributed by atoms with E-state index in [1.807, 2.05) is 0 Å². The van der Waals surface area contributed by atoms with Crippen molar-refractivity contribution in [3.63, 3.8) is 0 Å². The highest BCUT2D eigenvalue weighted by Crippen LogP contribution is 2.16. The van der Waals surface area contributed by atoms with E-state index in [9.17, 15) is 8.78 Å². The van der Waals surface area contributed by atoms with Gasteiger partial charge in [-0.15, -0.1) is 0 Å². The normalized spacial score (nSPS) is 20.8. The van der Waals surface area contributed by atoms with Gasteiger partial charge in [-0.3, -0.25) is 4.99 Å². The van der Waals surface area contributed by atoms with Gasteiger partial charge in [-0.2, -0.15) is 0 Å². The van der Waals surface area contributed by atoms with Gasteiger partial charge in [0.2, 0.25) is 0 Å². The number of benzene rings is 1. The minimum Gasteiger partial charge on any atom is -0.370 e. The highest BCUT2D eigenvalue weighted by molar-refractivity contribution is 5.92. The molecule has 1 aliphatic heterocycles. The molecule has 0 aromatic heterocycles. The summed E-state index contributed by atoms with van der Waals surface area (Å²) in [6.45, 7) is 2.65. The van der Waals surface area contributed by atoms with E-state index in [-0.39, 0.29) is 11.6 Å². The fourth-order valence-electron chi connectivity index (χ4n) is 2.17. The zero-order valence-corrected chi connectivity index (χ0v) is 10.9. The monoisotopic (exact) mass is 268 g/mol. The van der Waals surface area contributed by atoms with Gasteiger partial charge in [-0.1, -0.05) is 0 Å². The summed E-state index contributed by atoms with van der Waals surface area (Å²) in [4.78, 5) is 6.41. The van der Waals surface area contributed by atoms with Crippen LogP contribution >= 0.6 is 0 Å². The quantitative estimate of drug-likeness (QED) is 0.647. The zero-order chi connectivity index (χ0) is 13.8. The van der Waals surface area contributed by atoms with Gasteiger partial charge in [-0.25, -0.2) is 8.78 Å². The molecule has 3 N–H and O–H groups in total. The maximum Gasteiger partial charge on any atom is 0.193 e. The van der Waals surface area contributed by atoms with E-state index in [0.29, 0.717) is 12.5 Å². The average molecular weight is 268 g/mol. The van der Waals surface area contributed by atoms with Crippen LogP contribution in [-0.4, -0.2) is 37.5 Å². The maximum atomic E-state index is 13.4. The molecule has 1 fully saturated rings. The third-order valence-corrected chi connectivity index (χ3v) is 3.20. The second-order valence-electron chi connectivity index (χ2n) is 4.89. The first-order chi connectivity index (χ1) is 9.04. The number of guanidine groups is 1. The molecule has 0 amide bonds. The van der Waals surface area contributed by atoms with Crippen molar-refractivity contribution >= 4 is 11.6 Å². The van der Waals surface area contributed by atoms with E-state index in [0.717, 1.165) is 37.7 Å². The van der Waals surface area contributed by atoms with Gasteiger partial charge >= 0.3 is 0 Å². The Bertz CT molecular complexity index is 476. The lowest BCUT2D eigenvalue weighted by Gasteiger charge is -2.10. The summed E-state index contributed by atoms with van der Waals surface area (Å²) >= 11 is 0. The predicted octanol–water partition coefficient (Wildman–Crippen LogP) is 1.64. The Balaban J connectivity index is 1.92. The Labute approximate surface area is 111 Å². The molecule has 1 heterocycles. The fourth-order valence-corrected chi connectivity index (χ4v) is 2.17. The molecule has 1 saturated heterocycles. The van der Waals surface area contributed by atoms with Crippen LogP contribution < -0.4 is 11.1 Å². The third kappa shape index (κ3) is 3.89. The number of nitrogens with two attached hydrogens (primary N) is 1. The molecule has 0 radical (unpaired) electrons. The summed E-state index contributed by atoms with van der Waals surface area (Å²) in [6.07, 6.45) is 1.08. The summed E-state index contributed by atoms with van der Waals surface area (Å²) < 4.78 is 26.4. The van der Waals surface area contributed by atoms with Gasteiger partial charge in [0.1, 0.15) is 11.6 Å². The predicted molar refractivity (Wildman–Crippen MR) is 72.1 cm³/mol. The van der Waals surface area contributed by atoms with Crippen molar-refractivity contribution in [1.29, 1.82) is 0 Å². The number of aliphatic imine (C=N–C) groups is 1. The van der Waals surface area contributed by atoms with Crippen molar-refractivity contribution in [3.8, 4) is 0 Å². The maximum absolute atomic E-state index is 13.4. The van der Waals surface area contributed by atoms with Gasteiger partial charge in [0, 0.05) is 19.2 Å². The average Bonchev–Trinajstić information content (AvgIpc) is 2.77. The molecular weight excluding hydrogens is 250 g/mol. The Hall–Kier alpha value is -1.69. The SMILES string of the molecule is CN1CCC(CN=C(N)Nc2cc(F)ccc2F)C1. The van der Waals surface area contributed by atoms with Crippen LogP contribution in [-0.2, 0) is 0 Å². The van der Waals surface area contributed by atoms with Crippen molar-refractivity contribution in [2.24, 2.45) is 16.6 Å². The Morgan fingerprint density at radius 1 is 1.53 bits per heavy atom. The second-order valence-corrected chi connectivity index (χ2v) is 4.89. The molecule has 0 aliphatic carbocycles. The first-order valence-corrected chi connectivity index (χ1v) is 6.25. The molecule has 0 saturated carbocycles. The Kier molecular flexibility index (Phi) is 4.31. The molecule has 104 valence electrons. The molecule has 0 bridgehead atoms. The highest BCUT2D eigenvalue weighted by Gasteiger charge is 2.18. The van der Waals surface area contributed by atoms with Crippen molar-refractivity contribution in [2.45, 2.75) is 6.42 Å². The lowest BCUT2D eigenvalue weighted by atomic mass is 10.1. The molecule has 0 spiro atoms. The van der Waals surface area contributed by atoms with E-state index in [1.54, 1.807) is 0 Å². The lowest BCUT2D eigenvalue weighted by Crippen LogP contribution is -2.25. The molecule has 1 aliphatic rings. The van der Waals surface area contributed by atoms with Crippen LogP contribution in [0.2, 0.25) is 0 Å². The van der Waals surface area contributed by atoms with Crippen LogP contribution in [0.25, 0.3) is 0 Å². The molecule has 4 nitrogen and oxygen atoms in total. The molecule has 19 heavy (non-hydrogen) atoms. The Morgan fingerprint density at radius 3 is 3.00 bits per heavy atom. The van der Waals surface area contributed by atoms with Gasteiger partial charge in [-0.05, 0) is 38.1 Å². The molecule has 2 rings (SSSR count). The minimum absolute atomic E-state index is 0.00444. The summed E-state index contributed by atoms with van der Waals surface area (Å²) in [5.41, 5.74) is 5.68. The van der Waals surface area contributed by atoms with Crippen molar-refractivity contribution in [1.82, 2.24) is 4.90 Å². The van der Waals surface area contributed by atoms with E-state index >= 15 is 0 Å². The molecule has 1 atom stereocenters. The summed E-state index contributed by atoms with van der Waals surface area (Å²) in [5.74, 6) is -0.490. The number of nitrogens with zero attached hydrogens (tertiary/aromatic N) is 2. The van der Waals surface area contributed by atoms with E-state index in [1.165, 1.54) is 0 Å². The summed E-state index contributed by atoms with van der Waals surface area (Å²) in [6, 6.07) is 3.17. The van der Waals surface area contributed by atoms with Crippen LogP contribution in [0.5, 0.6) is 0 Å². The first-order valence-electron chi connectivity index (χ1n) is 6.25. The van der Waals surface area contributed by atoms with Crippen LogP contribution in [0.15, 0.2) is 23.2 Å². The number of hydrogen-bond donors (Lipinski definition) is 2. The third-order valence-electron chi connectivity index (χ3n) is 3.20. The van der Waals surface area contributed by atoms with Gasteiger partial charge in [0.05, 0.1) is 5.69 Å². The number of halogens is 2. The van der Waals surface area contributed by atoms with Crippen LogP contribution in [0.4, 0.5) is 14.5 Å². The van der Waals surface area contributed by atoms with Crippen LogP contribution in [0.1, 0.15) is 6.42 Å². The number of anilines is 1. The van der Waals surface area contributed by atoms with Gasteiger partial charge in [0.25, 0.3) is 0 Å². The number of likely N-dealkylation sites (tertiary alicyclic amines) is 1. The number of nitrogens with one attached hydrogen (secondary N) is 1. The van der Waals surface area contributed by atoms with E-state index in [4.69, 9.17) is 5.73 Å². The van der Waals surface area contributed by atoms with E-state index < -0.39 is 11.6 Å². The lowest BCUT2D eigenvalue weighted by molar-refractivity contribution is 0.397. The van der Waals surface area contributed by atoms with Crippen molar-refractivity contribution in [3.05, 3.63) is 29.8 Å². The molecule has 1 aromatic carbocycles. The second kappa shape index (κ2) is 5.97. The van der Waals surface area contributed by atoms with Gasteiger partial charge < -0.3 is 16.0 Å². The molecule has 6 heteroatoms. The van der Waals surface area contributed by atoms with Crippen LogP contribution in [0.3, 0.4) is 0 Å². The smallest absolute Gasteiger partial charge is 0.193 e. The number of rotatable bonds is 3. The standard InChI is InChI=1S/C13H18F2N4/c1-19-5-4-9(8-19)7-17-13(16)18-12-6-10(14)2-3-11(12)15/h2-3,6,9H,4-5,7-8H2,1H3,(H3,16,17,18). The van der Waals surface area contributed by atoms with Crippen LogP contribution in [0, 0.1) is 17.6 Å². The fraction of sp³-hybridized carbons (Fsp3) is 0.462. The summed E-state index contributed by atoms with van der Waals surface area (Å²) in [7, 11) is 2.06. The van der Waals surface area contributed by atoms with Crippen molar-refractivity contribution in [2.75, 3.05) is 32.0 Å². The van der Waals surface area contributed by atoms with E-state index in [2.05, 4.69) is 22.3 Å². The van der Waals surface area contributed by atoms with Gasteiger partial charge in [0.15, 0.2) is 5.96 Å². The largest absolute Gasteiger partial charge is 0.370 e. The molecule has 1 aromatic rings. The Morgan fingerprint density at radius 2 is 2.32 bits per heavy atom. The molecule has 1 unspecified atom stereocenters. The minimum atomic E-state index is -0.555. The zero-order valence-electron chi connectivity index (χ0n) is 10.9. The highest BCUT2D eigenvalue weighted by atomic mass is 19.1. The topological polar surface area (TPSA) is 53.6 Å². The van der Waals surface area contributed by atoms with Crippen molar-refractivity contribution < 1.29 is 8.78 Å². The first kappa shape index (κ1) is 13.7. The number of hydrogen-bond acceptors (Lipinski definition) is 2.